The third kappa shape index (κ3) is 7.16. The summed E-state index contributed by atoms with van der Waals surface area (Å²) in [5, 5.41) is 0. The third-order valence-corrected chi connectivity index (χ3v) is 6.66. The number of hydrogen-bond donors (Lipinski definition) is 0. The summed E-state index contributed by atoms with van der Waals surface area (Å²) < 4.78 is 25.5. The number of rotatable bonds is 11. The summed E-state index contributed by atoms with van der Waals surface area (Å²) in [6, 6.07) is 30.7. The van der Waals surface area contributed by atoms with Gasteiger partial charge in [0.25, 0.3) is 0 Å². The molecule has 0 bridgehead atoms. The quantitative estimate of drug-likeness (QED) is 0.356. The molecule has 1 heterocycles. The molecular formula is C28H32O4S. The van der Waals surface area contributed by atoms with Gasteiger partial charge in [0.2, 0.25) is 0 Å². The van der Waals surface area contributed by atoms with Crippen LogP contribution in [-0.2, 0) is 38.8 Å². The summed E-state index contributed by atoms with van der Waals surface area (Å²) in [5.74, 6) is 0.941. The van der Waals surface area contributed by atoms with Crippen LogP contribution in [0.25, 0.3) is 0 Å². The molecular weight excluding hydrogens is 432 g/mol. The number of thioether (sulfide) groups is 1. The second kappa shape index (κ2) is 12.9. The van der Waals surface area contributed by atoms with Gasteiger partial charge in [-0.25, -0.2) is 0 Å². The van der Waals surface area contributed by atoms with Crippen molar-refractivity contribution in [2.75, 3.05) is 12.4 Å². The van der Waals surface area contributed by atoms with Gasteiger partial charge < -0.3 is 18.9 Å². The van der Waals surface area contributed by atoms with Crippen molar-refractivity contribution in [2.24, 2.45) is 0 Å². The normalized spacial score (nSPS) is 22.8. The Morgan fingerprint density at radius 1 is 0.667 bits per heavy atom. The van der Waals surface area contributed by atoms with Gasteiger partial charge in [-0.05, 0) is 22.4 Å². The standard InChI is InChI=1S/C28H32O4S/c1-2-33-28-27(31-20-24-16-10-5-11-17-24)26(30-19-23-14-8-4-9-15-23)25(21-32-28)29-18-22-12-6-3-7-13-22/h3-17,25-28H,2,18-21H2,1H3/t25-,26+,27-,28+/m1/s1. The van der Waals surface area contributed by atoms with Gasteiger partial charge in [-0.1, -0.05) is 97.9 Å². The Morgan fingerprint density at radius 3 is 1.61 bits per heavy atom. The molecule has 1 saturated heterocycles. The second-order valence-corrected chi connectivity index (χ2v) is 9.39. The monoisotopic (exact) mass is 464 g/mol. The van der Waals surface area contributed by atoms with E-state index in [-0.39, 0.29) is 23.7 Å². The average molecular weight is 465 g/mol. The zero-order chi connectivity index (χ0) is 22.7. The Bertz CT molecular complexity index is 922. The fraction of sp³-hybridized carbons (Fsp3) is 0.357. The van der Waals surface area contributed by atoms with Crippen molar-refractivity contribution in [3.8, 4) is 0 Å². The summed E-state index contributed by atoms with van der Waals surface area (Å²) in [6.45, 7) is 4.14. The number of ether oxygens (including phenoxy) is 4. The van der Waals surface area contributed by atoms with Crippen LogP contribution in [0, 0.1) is 0 Å². The molecule has 0 radical (unpaired) electrons. The number of benzene rings is 3. The van der Waals surface area contributed by atoms with E-state index in [4.69, 9.17) is 18.9 Å². The predicted octanol–water partition coefficient (Wildman–Crippen LogP) is 5.85. The lowest BCUT2D eigenvalue weighted by molar-refractivity contribution is -0.220. The fourth-order valence-electron chi connectivity index (χ4n) is 3.88. The lowest BCUT2D eigenvalue weighted by Gasteiger charge is -2.42. The molecule has 3 aromatic carbocycles. The van der Waals surface area contributed by atoms with Gasteiger partial charge in [0.05, 0.1) is 26.4 Å². The van der Waals surface area contributed by atoms with Crippen LogP contribution in [0.2, 0.25) is 0 Å². The van der Waals surface area contributed by atoms with Crippen LogP contribution < -0.4 is 0 Å². The van der Waals surface area contributed by atoms with Crippen LogP contribution >= 0.6 is 11.8 Å². The summed E-state index contributed by atoms with van der Waals surface area (Å²) >= 11 is 1.75. The molecule has 4 rings (SSSR count). The van der Waals surface area contributed by atoms with Gasteiger partial charge >= 0.3 is 0 Å². The largest absolute Gasteiger partial charge is 0.368 e. The van der Waals surface area contributed by atoms with E-state index in [1.807, 2.05) is 54.6 Å². The minimum atomic E-state index is -0.242. The molecule has 0 aromatic heterocycles. The van der Waals surface area contributed by atoms with Crippen LogP contribution in [0.1, 0.15) is 23.6 Å². The zero-order valence-electron chi connectivity index (χ0n) is 19.0. The third-order valence-electron chi connectivity index (χ3n) is 5.59. The predicted molar refractivity (Wildman–Crippen MR) is 133 cm³/mol. The van der Waals surface area contributed by atoms with Crippen molar-refractivity contribution < 1.29 is 18.9 Å². The lowest BCUT2D eigenvalue weighted by atomic mass is 10.0. The average Bonchev–Trinajstić information content (AvgIpc) is 2.88. The van der Waals surface area contributed by atoms with Crippen molar-refractivity contribution in [3.63, 3.8) is 0 Å². The first-order chi connectivity index (χ1) is 16.3. The molecule has 33 heavy (non-hydrogen) atoms. The zero-order valence-corrected chi connectivity index (χ0v) is 19.9. The second-order valence-electron chi connectivity index (χ2n) is 8.01. The van der Waals surface area contributed by atoms with Crippen LogP contribution in [0.5, 0.6) is 0 Å². The maximum atomic E-state index is 6.50. The Balaban J connectivity index is 1.50. The minimum absolute atomic E-state index is 0.101. The molecule has 3 aromatic rings. The first-order valence-corrected chi connectivity index (χ1v) is 12.6. The van der Waals surface area contributed by atoms with E-state index < -0.39 is 0 Å². The van der Waals surface area contributed by atoms with Gasteiger partial charge in [0.15, 0.2) is 0 Å². The summed E-state index contributed by atoms with van der Waals surface area (Å²) in [7, 11) is 0. The first kappa shape index (κ1) is 24.0. The first-order valence-electron chi connectivity index (χ1n) is 11.5. The Kier molecular flexibility index (Phi) is 9.39. The van der Waals surface area contributed by atoms with Gasteiger partial charge in [0, 0.05) is 0 Å². The molecule has 0 unspecified atom stereocenters. The van der Waals surface area contributed by atoms with E-state index in [2.05, 4.69) is 43.3 Å². The summed E-state index contributed by atoms with van der Waals surface area (Å²) in [6.07, 6.45) is -0.702. The molecule has 0 aliphatic carbocycles. The SMILES string of the molecule is CCS[C@@H]1OC[C@@H](OCc2ccccc2)[C@H](OCc2ccccc2)[C@H]1OCc1ccccc1. The Morgan fingerprint density at radius 2 is 1.12 bits per heavy atom. The van der Waals surface area contributed by atoms with Crippen molar-refractivity contribution in [1.29, 1.82) is 0 Å². The summed E-state index contributed by atoms with van der Waals surface area (Å²) in [4.78, 5) is 0. The van der Waals surface area contributed by atoms with E-state index in [0.29, 0.717) is 26.4 Å². The molecule has 1 fully saturated rings. The molecule has 4 atom stereocenters. The minimum Gasteiger partial charge on any atom is -0.368 e. The molecule has 0 spiro atoms. The highest BCUT2D eigenvalue weighted by atomic mass is 32.2. The highest BCUT2D eigenvalue weighted by molar-refractivity contribution is 7.99. The van der Waals surface area contributed by atoms with E-state index >= 15 is 0 Å². The highest BCUT2D eigenvalue weighted by Gasteiger charge is 2.43. The molecule has 4 nitrogen and oxygen atoms in total. The maximum Gasteiger partial charge on any atom is 0.132 e. The van der Waals surface area contributed by atoms with Crippen molar-refractivity contribution in [3.05, 3.63) is 108 Å². The van der Waals surface area contributed by atoms with E-state index in [1.165, 1.54) is 0 Å². The van der Waals surface area contributed by atoms with Crippen molar-refractivity contribution in [1.82, 2.24) is 0 Å². The molecule has 1 aliphatic rings. The molecule has 0 N–H and O–H groups in total. The molecule has 5 heteroatoms. The molecule has 174 valence electrons. The molecule has 0 saturated carbocycles. The van der Waals surface area contributed by atoms with Crippen molar-refractivity contribution in [2.45, 2.75) is 50.5 Å². The Hall–Kier alpha value is -2.15. The number of hydrogen-bond acceptors (Lipinski definition) is 5. The topological polar surface area (TPSA) is 36.9 Å². The van der Waals surface area contributed by atoms with Gasteiger partial charge in [0.1, 0.15) is 23.7 Å². The fourth-order valence-corrected chi connectivity index (χ4v) is 4.81. The summed E-state index contributed by atoms with van der Waals surface area (Å²) in [5.41, 5.74) is 3.29. The van der Waals surface area contributed by atoms with Gasteiger partial charge in [-0.3, -0.25) is 0 Å². The van der Waals surface area contributed by atoms with E-state index in [0.717, 1.165) is 22.4 Å². The maximum absolute atomic E-state index is 6.50. The van der Waals surface area contributed by atoms with Crippen LogP contribution in [0.15, 0.2) is 91.0 Å². The van der Waals surface area contributed by atoms with Crippen LogP contribution in [-0.4, -0.2) is 36.1 Å². The Labute approximate surface area is 201 Å². The highest BCUT2D eigenvalue weighted by Crippen LogP contribution is 2.31. The van der Waals surface area contributed by atoms with Crippen LogP contribution in [0.3, 0.4) is 0 Å². The van der Waals surface area contributed by atoms with Crippen LogP contribution in [0.4, 0.5) is 0 Å². The van der Waals surface area contributed by atoms with Gasteiger partial charge in [-0.2, -0.15) is 0 Å². The molecule has 0 amide bonds. The molecule has 1 aliphatic heterocycles. The van der Waals surface area contributed by atoms with Crippen molar-refractivity contribution >= 4 is 11.8 Å². The smallest absolute Gasteiger partial charge is 0.132 e. The van der Waals surface area contributed by atoms with E-state index in [9.17, 15) is 0 Å². The van der Waals surface area contributed by atoms with E-state index in [1.54, 1.807) is 11.8 Å². The van der Waals surface area contributed by atoms with Gasteiger partial charge in [-0.15, -0.1) is 11.8 Å². The lowest BCUT2D eigenvalue weighted by Crippen LogP contribution is -2.55.